The van der Waals surface area contributed by atoms with Crippen molar-refractivity contribution in [1.82, 2.24) is 34.7 Å². The molecule has 0 aliphatic heterocycles. The molecule has 0 bridgehead atoms. The Labute approximate surface area is 117 Å². The summed E-state index contributed by atoms with van der Waals surface area (Å²) in [5, 5.41) is 14.5. The lowest BCUT2D eigenvalue weighted by Crippen LogP contribution is -2.03. The molecule has 0 saturated carbocycles. The van der Waals surface area contributed by atoms with Crippen LogP contribution >= 0.6 is 0 Å². The average Bonchev–Trinajstić information content (AvgIpc) is 3.04. The summed E-state index contributed by atoms with van der Waals surface area (Å²) in [7, 11) is 0. The van der Waals surface area contributed by atoms with E-state index in [9.17, 15) is 8.78 Å². The second kappa shape index (κ2) is 5.04. The van der Waals surface area contributed by atoms with Gasteiger partial charge in [-0.05, 0) is 13.8 Å². The van der Waals surface area contributed by atoms with Crippen LogP contribution in [0.4, 0.5) is 20.3 Å². The number of hydrogen-bond donors (Lipinski definition) is 1. The van der Waals surface area contributed by atoms with Crippen LogP contribution in [0, 0.1) is 6.92 Å². The quantitative estimate of drug-likeness (QED) is 0.790. The smallest absolute Gasteiger partial charge is 0.333 e. The minimum absolute atomic E-state index is 0.305. The summed E-state index contributed by atoms with van der Waals surface area (Å²) in [5.41, 5.74) is 1.79. The molecule has 0 radical (unpaired) electrons. The van der Waals surface area contributed by atoms with E-state index in [1.54, 1.807) is 11.6 Å². The van der Waals surface area contributed by atoms with Crippen LogP contribution in [0.1, 0.15) is 19.2 Å². The molecule has 3 rings (SSSR count). The van der Waals surface area contributed by atoms with Gasteiger partial charge in [-0.1, -0.05) is 5.21 Å². The molecule has 3 heterocycles. The summed E-state index contributed by atoms with van der Waals surface area (Å²) >= 11 is 0. The van der Waals surface area contributed by atoms with Gasteiger partial charge in [-0.25, -0.2) is 19.3 Å². The standard InChI is InChI=1S/C11H12F2N8/c1-3-20-10-8(18-19-20)9(14-5-15-10)17-7-4-16-21(6(7)2)11(12)13/h4-5,11H,3H2,1-2H3,(H,14,15,17). The normalized spacial score (nSPS) is 11.5. The third-order valence-electron chi connectivity index (χ3n) is 3.08. The summed E-state index contributed by atoms with van der Waals surface area (Å²) in [6.45, 7) is 1.39. The zero-order valence-electron chi connectivity index (χ0n) is 11.3. The van der Waals surface area contributed by atoms with Gasteiger partial charge in [0.2, 0.25) is 0 Å². The molecule has 0 saturated heterocycles. The van der Waals surface area contributed by atoms with Crippen LogP contribution in [0.25, 0.3) is 11.2 Å². The van der Waals surface area contributed by atoms with Crippen molar-refractivity contribution in [2.24, 2.45) is 0 Å². The molecular weight excluding hydrogens is 282 g/mol. The van der Waals surface area contributed by atoms with E-state index in [0.29, 0.717) is 39.6 Å². The topological polar surface area (TPSA) is 86.3 Å². The summed E-state index contributed by atoms with van der Waals surface area (Å²) in [6.07, 6.45) is 2.69. The van der Waals surface area contributed by atoms with Gasteiger partial charge in [0, 0.05) is 6.54 Å². The predicted molar refractivity (Wildman–Crippen MR) is 70.3 cm³/mol. The molecule has 8 nitrogen and oxygen atoms in total. The van der Waals surface area contributed by atoms with Crippen LogP contribution in [0.5, 0.6) is 0 Å². The van der Waals surface area contributed by atoms with Crippen molar-refractivity contribution < 1.29 is 8.78 Å². The Kier molecular flexibility index (Phi) is 3.20. The van der Waals surface area contributed by atoms with Crippen molar-refractivity contribution in [2.45, 2.75) is 26.9 Å². The highest BCUT2D eigenvalue weighted by Gasteiger charge is 2.16. The molecule has 1 N–H and O–H groups in total. The lowest BCUT2D eigenvalue weighted by Gasteiger charge is -2.06. The highest BCUT2D eigenvalue weighted by atomic mass is 19.3. The van der Waals surface area contributed by atoms with E-state index in [0.717, 1.165) is 0 Å². The van der Waals surface area contributed by atoms with Crippen LogP contribution in [0.15, 0.2) is 12.5 Å². The first-order valence-electron chi connectivity index (χ1n) is 6.25. The van der Waals surface area contributed by atoms with Gasteiger partial charge in [0.15, 0.2) is 17.0 Å². The number of nitrogens with zero attached hydrogens (tertiary/aromatic N) is 7. The summed E-state index contributed by atoms with van der Waals surface area (Å²) in [5.74, 6) is 0.400. The van der Waals surface area contributed by atoms with Crippen LogP contribution in [-0.2, 0) is 6.54 Å². The van der Waals surface area contributed by atoms with E-state index in [1.165, 1.54) is 12.5 Å². The Morgan fingerprint density at radius 3 is 2.81 bits per heavy atom. The maximum absolute atomic E-state index is 12.7. The number of nitrogens with one attached hydrogen (secondary N) is 1. The van der Waals surface area contributed by atoms with Gasteiger partial charge in [0.1, 0.15) is 6.33 Å². The van der Waals surface area contributed by atoms with Crippen LogP contribution in [0.3, 0.4) is 0 Å². The zero-order chi connectivity index (χ0) is 15.0. The number of aryl methyl sites for hydroxylation is 1. The monoisotopic (exact) mass is 294 g/mol. The Bertz CT molecular complexity index is 778. The molecule has 0 unspecified atom stereocenters. The molecule has 3 aromatic heterocycles. The molecule has 0 aliphatic carbocycles. The van der Waals surface area contributed by atoms with E-state index >= 15 is 0 Å². The number of fused-ring (bicyclic) bond motifs is 1. The van der Waals surface area contributed by atoms with E-state index in [2.05, 4.69) is 30.7 Å². The molecule has 0 fully saturated rings. The maximum atomic E-state index is 12.7. The Morgan fingerprint density at radius 2 is 2.14 bits per heavy atom. The van der Waals surface area contributed by atoms with E-state index < -0.39 is 6.55 Å². The third kappa shape index (κ3) is 2.18. The first kappa shape index (κ1) is 13.3. The molecule has 10 heteroatoms. The van der Waals surface area contributed by atoms with Crippen molar-refractivity contribution in [3.8, 4) is 0 Å². The number of aromatic nitrogens is 7. The van der Waals surface area contributed by atoms with E-state index in [-0.39, 0.29) is 0 Å². The number of anilines is 2. The average molecular weight is 294 g/mol. The SMILES string of the molecule is CCn1nnc2c(Nc3cnn(C(F)F)c3C)ncnc21. The minimum Gasteiger partial charge on any atom is -0.335 e. The molecule has 0 atom stereocenters. The van der Waals surface area contributed by atoms with Crippen LogP contribution in [-0.4, -0.2) is 34.7 Å². The van der Waals surface area contributed by atoms with Gasteiger partial charge in [-0.2, -0.15) is 13.9 Å². The Morgan fingerprint density at radius 1 is 1.33 bits per heavy atom. The van der Waals surface area contributed by atoms with Crippen LogP contribution < -0.4 is 5.32 Å². The molecule has 0 aromatic carbocycles. The highest BCUT2D eigenvalue weighted by molar-refractivity contribution is 5.84. The van der Waals surface area contributed by atoms with Gasteiger partial charge < -0.3 is 5.32 Å². The van der Waals surface area contributed by atoms with Gasteiger partial charge in [-0.15, -0.1) is 5.10 Å². The van der Waals surface area contributed by atoms with Crippen LogP contribution in [0.2, 0.25) is 0 Å². The van der Waals surface area contributed by atoms with Gasteiger partial charge in [0.05, 0.1) is 17.6 Å². The van der Waals surface area contributed by atoms with E-state index in [4.69, 9.17) is 0 Å². The van der Waals surface area contributed by atoms with Crippen molar-refractivity contribution in [3.63, 3.8) is 0 Å². The lowest BCUT2D eigenvalue weighted by molar-refractivity contribution is 0.0545. The molecule has 0 amide bonds. The second-order valence-electron chi connectivity index (χ2n) is 4.29. The molecule has 3 aromatic rings. The van der Waals surface area contributed by atoms with Gasteiger partial charge >= 0.3 is 6.55 Å². The lowest BCUT2D eigenvalue weighted by atomic mass is 10.4. The second-order valence-corrected chi connectivity index (χ2v) is 4.29. The molecular formula is C11H12F2N8. The molecule has 0 aliphatic rings. The third-order valence-corrected chi connectivity index (χ3v) is 3.08. The Hall–Kier alpha value is -2.65. The fourth-order valence-electron chi connectivity index (χ4n) is 1.97. The summed E-state index contributed by atoms with van der Waals surface area (Å²) in [4.78, 5) is 8.20. The Balaban J connectivity index is 2.00. The first-order chi connectivity index (χ1) is 10.1. The maximum Gasteiger partial charge on any atom is 0.333 e. The predicted octanol–water partition coefficient (Wildman–Crippen LogP) is 1.88. The number of rotatable bonds is 4. The highest BCUT2D eigenvalue weighted by Crippen LogP contribution is 2.25. The van der Waals surface area contributed by atoms with Crippen molar-refractivity contribution in [3.05, 3.63) is 18.2 Å². The number of hydrogen-bond acceptors (Lipinski definition) is 6. The first-order valence-corrected chi connectivity index (χ1v) is 6.25. The molecule has 0 spiro atoms. The molecule has 21 heavy (non-hydrogen) atoms. The number of alkyl halides is 2. The zero-order valence-corrected chi connectivity index (χ0v) is 11.3. The summed E-state index contributed by atoms with van der Waals surface area (Å²) in [6, 6.07) is 0. The van der Waals surface area contributed by atoms with Crippen molar-refractivity contribution in [2.75, 3.05) is 5.32 Å². The van der Waals surface area contributed by atoms with E-state index in [1.807, 2.05) is 6.92 Å². The fourth-order valence-corrected chi connectivity index (χ4v) is 1.97. The fraction of sp³-hybridized carbons (Fsp3) is 0.364. The van der Waals surface area contributed by atoms with Crippen molar-refractivity contribution in [1.29, 1.82) is 0 Å². The van der Waals surface area contributed by atoms with Gasteiger partial charge in [0.25, 0.3) is 0 Å². The van der Waals surface area contributed by atoms with Crippen molar-refractivity contribution >= 4 is 22.7 Å². The van der Waals surface area contributed by atoms with Gasteiger partial charge in [-0.3, -0.25) is 0 Å². The minimum atomic E-state index is -2.69. The number of halogens is 2. The largest absolute Gasteiger partial charge is 0.335 e. The summed E-state index contributed by atoms with van der Waals surface area (Å²) < 4.78 is 27.7. The molecule has 110 valence electrons.